The van der Waals surface area contributed by atoms with Gasteiger partial charge >= 0.3 is 6.18 Å². The summed E-state index contributed by atoms with van der Waals surface area (Å²) in [6.07, 6.45) is -0.527. The standard InChI is InChI=1S/C12H12F3N3S/c1-2-9-6-18-11(19-9)7-17-10-5-8(3-4-16-10)12(13,14)15/h3-6H,2,7H2,1H3,(H,16,17). The number of nitrogens with zero attached hydrogens (tertiary/aromatic N) is 2. The van der Waals surface area contributed by atoms with E-state index in [1.165, 1.54) is 11.3 Å². The molecule has 0 saturated heterocycles. The maximum Gasteiger partial charge on any atom is 0.416 e. The normalized spacial score (nSPS) is 11.6. The number of aromatic nitrogens is 2. The number of pyridine rings is 1. The van der Waals surface area contributed by atoms with E-state index in [4.69, 9.17) is 0 Å². The molecule has 0 atom stereocenters. The minimum absolute atomic E-state index is 0.197. The van der Waals surface area contributed by atoms with Crippen LogP contribution in [0.1, 0.15) is 22.4 Å². The Hall–Kier alpha value is -1.63. The zero-order valence-corrected chi connectivity index (χ0v) is 11.0. The van der Waals surface area contributed by atoms with Gasteiger partial charge in [-0.25, -0.2) is 9.97 Å². The summed E-state index contributed by atoms with van der Waals surface area (Å²) in [4.78, 5) is 9.19. The van der Waals surface area contributed by atoms with Crippen LogP contribution in [0, 0.1) is 0 Å². The van der Waals surface area contributed by atoms with Crippen LogP contribution in [0.15, 0.2) is 24.5 Å². The summed E-state index contributed by atoms with van der Waals surface area (Å²) in [5.74, 6) is 0.197. The number of halogens is 3. The SMILES string of the molecule is CCc1cnc(CNc2cc(C(F)(F)F)ccn2)s1. The van der Waals surface area contributed by atoms with E-state index in [1.54, 1.807) is 6.20 Å². The highest BCUT2D eigenvalue weighted by molar-refractivity contribution is 7.11. The molecule has 0 aliphatic heterocycles. The first-order chi connectivity index (χ1) is 8.99. The Morgan fingerprint density at radius 2 is 2.11 bits per heavy atom. The van der Waals surface area contributed by atoms with Gasteiger partial charge in [0.05, 0.1) is 12.1 Å². The van der Waals surface area contributed by atoms with Gasteiger partial charge in [-0.15, -0.1) is 11.3 Å². The molecule has 0 saturated carbocycles. The molecule has 0 aliphatic carbocycles. The van der Waals surface area contributed by atoms with Crippen molar-refractivity contribution >= 4 is 17.2 Å². The first-order valence-corrected chi connectivity index (χ1v) is 6.51. The Labute approximate surface area is 112 Å². The molecule has 7 heteroatoms. The quantitative estimate of drug-likeness (QED) is 0.931. The third-order valence-electron chi connectivity index (χ3n) is 2.46. The van der Waals surface area contributed by atoms with Crippen molar-refractivity contribution in [2.45, 2.75) is 26.1 Å². The van der Waals surface area contributed by atoms with Gasteiger partial charge in [0.25, 0.3) is 0 Å². The van der Waals surface area contributed by atoms with Crippen molar-refractivity contribution in [3.05, 3.63) is 40.0 Å². The van der Waals surface area contributed by atoms with Crippen LogP contribution in [0.4, 0.5) is 19.0 Å². The maximum atomic E-state index is 12.5. The molecule has 1 N–H and O–H groups in total. The van der Waals surface area contributed by atoms with Gasteiger partial charge in [0.2, 0.25) is 0 Å². The molecule has 0 unspecified atom stereocenters. The summed E-state index contributed by atoms with van der Waals surface area (Å²) in [5, 5.41) is 3.68. The molecule has 0 bridgehead atoms. The van der Waals surface area contributed by atoms with Crippen LogP contribution in [0.2, 0.25) is 0 Å². The lowest BCUT2D eigenvalue weighted by Crippen LogP contribution is -2.07. The van der Waals surface area contributed by atoms with Crippen molar-refractivity contribution in [3.8, 4) is 0 Å². The molecule has 2 aromatic heterocycles. The second kappa shape index (κ2) is 5.56. The van der Waals surface area contributed by atoms with E-state index in [0.717, 1.165) is 34.6 Å². The van der Waals surface area contributed by atoms with Crippen molar-refractivity contribution in [1.29, 1.82) is 0 Å². The molecule has 2 aromatic rings. The fourth-order valence-electron chi connectivity index (χ4n) is 1.46. The Kier molecular flexibility index (Phi) is 4.04. The van der Waals surface area contributed by atoms with Crippen LogP contribution in [-0.2, 0) is 19.1 Å². The molecule has 3 nitrogen and oxygen atoms in total. The smallest absolute Gasteiger partial charge is 0.364 e. The molecular weight excluding hydrogens is 275 g/mol. The molecule has 0 spiro atoms. The minimum Gasteiger partial charge on any atom is -0.364 e. The van der Waals surface area contributed by atoms with Gasteiger partial charge in [0.1, 0.15) is 10.8 Å². The van der Waals surface area contributed by atoms with E-state index in [9.17, 15) is 13.2 Å². The monoisotopic (exact) mass is 287 g/mol. The Morgan fingerprint density at radius 3 is 2.74 bits per heavy atom. The predicted molar refractivity (Wildman–Crippen MR) is 68.1 cm³/mol. The van der Waals surface area contributed by atoms with E-state index in [2.05, 4.69) is 15.3 Å². The first kappa shape index (κ1) is 13.8. The third kappa shape index (κ3) is 3.66. The fraction of sp³-hybridized carbons (Fsp3) is 0.333. The minimum atomic E-state index is -4.35. The fourth-order valence-corrected chi connectivity index (χ4v) is 2.27. The highest BCUT2D eigenvalue weighted by Crippen LogP contribution is 2.30. The summed E-state index contributed by atoms with van der Waals surface area (Å²) >= 11 is 1.54. The first-order valence-electron chi connectivity index (χ1n) is 5.69. The topological polar surface area (TPSA) is 37.8 Å². The Balaban J connectivity index is 2.03. The zero-order chi connectivity index (χ0) is 13.9. The summed E-state index contributed by atoms with van der Waals surface area (Å²) in [6, 6.07) is 1.94. The van der Waals surface area contributed by atoms with Crippen molar-refractivity contribution in [2.75, 3.05) is 5.32 Å². The maximum absolute atomic E-state index is 12.5. The summed E-state index contributed by atoms with van der Waals surface area (Å²) in [7, 11) is 0. The summed E-state index contributed by atoms with van der Waals surface area (Å²) in [6.45, 7) is 2.40. The number of thiazole rings is 1. The molecule has 19 heavy (non-hydrogen) atoms. The van der Waals surface area contributed by atoms with Crippen LogP contribution >= 0.6 is 11.3 Å². The number of alkyl halides is 3. The lowest BCUT2D eigenvalue weighted by molar-refractivity contribution is -0.137. The lowest BCUT2D eigenvalue weighted by atomic mass is 10.2. The Bertz CT molecular complexity index is 551. The number of rotatable bonds is 4. The van der Waals surface area contributed by atoms with Gasteiger partial charge in [-0.2, -0.15) is 13.2 Å². The second-order valence-corrected chi connectivity index (χ2v) is 5.05. The van der Waals surface area contributed by atoms with Gasteiger partial charge in [-0.3, -0.25) is 0 Å². The van der Waals surface area contributed by atoms with Crippen LogP contribution in [0.25, 0.3) is 0 Å². The average molecular weight is 287 g/mol. The zero-order valence-electron chi connectivity index (χ0n) is 10.2. The third-order valence-corrected chi connectivity index (χ3v) is 3.60. The lowest BCUT2D eigenvalue weighted by Gasteiger charge is -2.08. The molecular formula is C12H12F3N3S. The van der Waals surface area contributed by atoms with Gasteiger partial charge in [-0.05, 0) is 18.6 Å². The highest BCUT2D eigenvalue weighted by Gasteiger charge is 2.30. The number of hydrogen-bond acceptors (Lipinski definition) is 4. The van der Waals surface area contributed by atoms with Gasteiger partial charge < -0.3 is 5.32 Å². The van der Waals surface area contributed by atoms with Crippen molar-refractivity contribution in [3.63, 3.8) is 0 Å². The molecule has 2 rings (SSSR count). The van der Waals surface area contributed by atoms with Crippen LogP contribution < -0.4 is 5.32 Å². The van der Waals surface area contributed by atoms with E-state index >= 15 is 0 Å². The van der Waals surface area contributed by atoms with Crippen LogP contribution in [0.3, 0.4) is 0 Å². The van der Waals surface area contributed by atoms with E-state index in [-0.39, 0.29) is 5.82 Å². The van der Waals surface area contributed by atoms with Crippen LogP contribution in [0.5, 0.6) is 0 Å². The van der Waals surface area contributed by atoms with Gasteiger partial charge in [0, 0.05) is 17.3 Å². The molecule has 0 amide bonds. The molecule has 0 aromatic carbocycles. The molecule has 2 heterocycles. The van der Waals surface area contributed by atoms with Crippen LogP contribution in [-0.4, -0.2) is 9.97 Å². The van der Waals surface area contributed by atoms with Crippen molar-refractivity contribution < 1.29 is 13.2 Å². The number of anilines is 1. The largest absolute Gasteiger partial charge is 0.416 e. The molecule has 0 radical (unpaired) electrons. The molecule has 0 fully saturated rings. The van der Waals surface area contributed by atoms with Crippen molar-refractivity contribution in [1.82, 2.24) is 9.97 Å². The Morgan fingerprint density at radius 1 is 1.32 bits per heavy atom. The van der Waals surface area contributed by atoms with Gasteiger partial charge in [-0.1, -0.05) is 6.92 Å². The van der Waals surface area contributed by atoms with Gasteiger partial charge in [0.15, 0.2) is 0 Å². The second-order valence-electron chi connectivity index (χ2n) is 3.85. The molecule has 0 aliphatic rings. The number of aryl methyl sites for hydroxylation is 1. The number of nitrogens with one attached hydrogen (secondary N) is 1. The number of hydrogen-bond donors (Lipinski definition) is 1. The highest BCUT2D eigenvalue weighted by atomic mass is 32.1. The predicted octanol–water partition coefficient (Wildman–Crippen LogP) is 3.73. The molecule has 102 valence electrons. The van der Waals surface area contributed by atoms with Crippen molar-refractivity contribution in [2.24, 2.45) is 0 Å². The van der Waals surface area contributed by atoms with E-state index in [0.29, 0.717) is 6.54 Å². The summed E-state index contributed by atoms with van der Waals surface area (Å²) in [5.41, 5.74) is -0.710. The summed E-state index contributed by atoms with van der Waals surface area (Å²) < 4.78 is 37.5. The average Bonchev–Trinajstić information content (AvgIpc) is 2.84. The van der Waals surface area contributed by atoms with E-state index < -0.39 is 11.7 Å². The van der Waals surface area contributed by atoms with E-state index in [1.807, 2.05) is 6.92 Å².